The van der Waals surface area contributed by atoms with Crippen LogP contribution in [0.25, 0.3) is 5.52 Å². The van der Waals surface area contributed by atoms with Gasteiger partial charge in [0.15, 0.2) is 5.69 Å². The quantitative estimate of drug-likeness (QED) is 0.699. The second-order valence-electron chi connectivity index (χ2n) is 7.82. The molecule has 0 atom stereocenters. The van der Waals surface area contributed by atoms with E-state index >= 15 is 0 Å². The number of aryl methyl sites for hydroxylation is 2. The zero-order valence-electron chi connectivity index (χ0n) is 16.9. The van der Waals surface area contributed by atoms with Gasteiger partial charge in [0.2, 0.25) is 5.82 Å². The van der Waals surface area contributed by atoms with Crippen LogP contribution in [0.4, 0.5) is 5.69 Å². The van der Waals surface area contributed by atoms with Gasteiger partial charge in [-0.25, -0.2) is 4.98 Å². The molecule has 6 heteroatoms. The molecule has 29 heavy (non-hydrogen) atoms. The van der Waals surface area contributed by atoms with E-state index in [0.29, 0.717) is 11.2 Å². The molecule has 0 aliphatic heterocycles. The Bertz CT molecular complexity index is 1060. The van der Waals surface area contributed by atoms with Crippen LogP contribution in [0.1, 0.15) is 64.3 Å². The molecule has 3 aromatic rings. The minimum Gasteiger partial charge on any atom is -0.348 e. The predicted octanol–water partition coefficient (Wildman–Crippen LogP) is 4.27. The van der Waals surface area contributed by atoms with Crippen LogP contribution in [0.5, 0.6) is 0 Å². The van der Waals surface area contributed by atoms with Gasteiger partial charge >= 0.3 is 0 Å². The summed E-state index contributed by atoms with van der Waals surface area (Å²) < 4.78 is 1.68. The van der Waals surface area contributed by atoms with E-state index in [1.54, 1.807) is 10.6 Å². The molecule has 0 spiro atoms. The van der Waals surface area contributed by atoms with Gasteiger partial charge in [0.05, 0.1) is 5.52 Å². The second-order valence-corrected chi connectivity index (χ2v) is 7.82. The molecule has 1 saturated carbocycles. The van der Waals surface area contributed by atoms with Crippen molar-refractivity contribution in [2.75, 3.05) is 5.32 Å². The number of hydrogen-bond donors (Lipinski definition) is 2. The third-order valence-corrected chi connectivity index (χ3v) is 5.54. The molecule has 150 valence electrons. The largest absolute Gasteiger partial charge is 0.348 e. The maximum absolute atomic E-state index is 13.0. The van der Waals surface area contributed by atoms with Crippen LogP contribution in [-0.2, 0) is 0 Å². The Morgan fingerprint density at radius 3 is 2.59 bits per heavy atom. The zero-order chi connectivity index (χ0) is 20.4. The van der Waals surface area contributed by atoms with Crippen molar-refractivity contribution >= 4 is 23.0 Å². The molecule has 2 heterocycles. The lowest BCUT2D eigenvalue weighted by molar-refractivity contribution is 0.0925. The number of nitrogens with zero attached hydrogens (tertiary/aromatic N) is 2. The third kappa shape index (κ3) is 4.01. The van der Waals surface area contributed by atoms with Gasteiger partial charge in [0, 0.05) is 17.9 Å². The topological polar surface area (TPSA) is 75.5 Å². The van der Waals surface area contributed by atoms with Gasteiger partial charge in [-0.2, -0.15) is 0 Å². The van der Waals surface area contributed by atoms with E-state index in [1.807, 2.05) is 50.2 Å². The molecule has 1 aliphatic carbocycles. The van der Waals surface area contributed by atoms with Gasteiger partial charge in [-0.1, -0.05) is 43.0 Å². The molecule has 0 radical (unpaired) electrons. The lowest BCUT2D eigenvalue weighted by Crippen LogP contribution is -2.36. The molecule has 1 fully saturated rings. The second kappa shape index (κ2) is 8.07. The van der Waals surface area contributed by atoms with E-state index in [1.165, 1.54) is 6.42 Å². The lowest BCUT2D eigenvalue weighted by Gasteiger charge is -2.22. The maximum atomic E-state index is 13.0. The predicted molar refractivity (Wildman–Crippen MR) is 113 cm³/mol. The Morgan fingerprint density at radius 2 is 1.83 bits per heavy atom. The highest BCUT2D eigenvalue weighted by Gasteiger charge is 2.24. The number of carbonyl (C=O) groups is 2. The molecule has 1 aromatic carbocycles. The first-order valence-electron chi connectivity index (χ1n) is 10.2. The average Bonchev–Trinajstić information content (AvgIpc) is 3.11. The molecule has 2 N–H and O–H groups in total. The minimum absolute atomic E-state index is 0.184. The van der Waals surface area contributed by atoms with Crippen LogP contribution in [0.15, 0.2) is 42.6 Å². The molecule has 2 aromatic heterocycles. The number of fused-ring (bicyclic) bond motifs is 1. The van der Waals surface area contributed by atoms with E-state index in [-0.39, 0.29) is 23.7 Å². The smallest absolute Gasteiger partial charge is 0.292 e. The van der Waals surface area contributed by atoms with Gasteiger partial charge < -0.3 is 10.6 Å². The number of nitrogens with one attached hydrogen (secondary N) is 2. The van der Waals surface area contributed by atoms with Crippen LogP contribution < -0.4 is 10.6 Å². The van der Waals surface area contributed by atoms with E-state index in [2.05, 4.69) is 15.6 Å². The van der Waals surface area contributed by atoms with Crippen molar-refractivity contribution in [2.45, 2.75) is 52.0 Å². The number of benzene rings is 1. The number of aromatic nitrogens is 2. The molecule has 0 bridgehead atoms. The summed E-state index contributed by atoms with van der Waals surface area (Å²) >= 11 is 0. The Morgan fingerprint density at radius 1 is 1.03 bits per heavy atom. The Kier molecular flexibility index (Phi) is 5.34. The summed E-state index contributed by atoms with van der Waals surface area (Å²) in [7, 11) is 0. The van der Waals surface area contributed by atoms with Gasteiger partial charge in [0.25, 0.3) is 11.8 Å². The lowest BCUT2D eigenvalue weighted by atomic mass is 9.95. The number of rotatable bonds is 4. The highest BCUT2D eigenvalue weighted by Crippen LogP contribution is 2.21. The van der Waals surface area contributed by atoms with Crippen molar-refractivity contribution in [1.82, 2.24) is 14.7 Å². The molecular weight excluding hydrogens is 364 g/mol. The summed E-state index contributed by atoms with van der Waals surface area (Å²) in [6, 6.07) is 11.5. The Labute approximate surface area is 170 Å². The normalized spacial score (nSPS) is 14.7. The van der Waals surface area contributed by atoms with Gasteiger partial charge in [-0.05, 0) is 50.5 Å². The number of carbonyl (C=O) groups excluding carboxylic acids is 2. The van der Waals surface area contributed by atoms with Gasteiger partial charge in [-0.3, -0.25) is 14.0 Å². The summed E-state index contributed by atoms with van der Waals surface area (Å²) in [5.74, 6) is -0.351. The maximum Gasteiger partial charge on any atom is 0.292 e. The number of amides is 2. The fraction of sp³-hybridized carbons (Fsp3) is 0.348. The first kappa shape index (κ1) is 19.2. The van der Waals surface area contributed by atoms with Crippen LogP contribution in [0, 0.1) is 13.8 Å². The summed E-state index contributed by atoms with van der Waals surface area (Å²) in [6.45, 7) is 3.97. The van der Waals surface area contributed by atoms with Crippen molar-refractivity contribution < 1.29 is 9.59 Å². The van der Waals surface area contributed by atoms with Crippen LogP contribution in [0.2, 0.25) is 0 Å². The third-order valence-electron chi connectivity index (χ3n) is 5.54. The highest BCUT2D eigenvalue weighted by atomic mass is 16.2. The fourth-order valence-electron chi connectivity index (χ4n) is 4.00. The summed E-state index contributed by atoms with van der Waals surface area (Å²) in [5, 5.41) is 6.02. The monoisotopic (exact) mass is 390 g/mol. The van der Waals surface area contributed by atoms with Crippen LogP contribution in [-0.4, -0.2) is 27.2 Å². The van der Waals surface area contributed by atoms with Crippen molar-refractivity contribution in [1.29, 1.82) is 0 Å². The Balaban J connectivity index is 1.63. The van der Waals surface area contributed by atoms with Crippen LogP contribution >= 0.6 is 0 Å². The van der Waals surface area contributed by atoms with E-state index in [0.717, 1.165) is 42.5 Å². The van der Waals surface area contributed by atoms with Gasteiger partial charge in [-0.15, -0.1) is 0 Å². The first-order valence-corrected chi connectivity index (χ1v) is 10.2. The summed E-state index contributed by atoms with van der Waals surface area (Å²) in [5.41, 5.74) is 3.78. The van der Waals surface area contributed by atoms with Crippen molar-refractivity contribution in [2.24, 2.45) is 0 Å². The van der Waals surface area contributed by atoms with E-state index in [9.17, 15) is 9.59 Å². The minimum atomic E-state index is -0.338. The van der Waals surface area contributed by atoms with Crippen molar-refractivity contribution in [3.8, 4) is 0 Å². The SMILES string of the molecule is Cc1ccc(NC(=O)c2nc(C(=O)NC3CCCCC3)c3ccccn23)c(C)c1. The molecule has 0 unspecified atom stereocenters. The first-order chi connectivity index (χ1) is 14.0. The fourth-order valence-corrected chi connectivity index (χ4v) is 4.00. The van der Waals surface area contributed by atoms with Crippen LogP contribution in [0.3, 0.4) is 0 Å². The molecule has 0 saturated heterocycles. The number of imidazole rings is 1. The highest BCUT2D eigenvalue weighted by molar-refractivity contribution is 6.06. The van der Waals surface area contributed by atoms with Crippen molar-refractivity contribution in [3.05, 3.63) is 65.2 Å². The summed E-state index contributed by atoms with van der Waals surface area (Å²) in [6.07, 6.45) is 7.26. The number of anilines is 1. The van der Waals surface area contributed by atoms with Crippen molar-refractivity contribution in [3.63, 3.8) is 0 Å². The van der Waals surface area contributed by atoms with Gasteiger partial charge in [0.1, 0.15) is 0 Å². The zero-order valence-corrected chi connectivity index (χ0v) is 16.9. The Hall–Kier alpha value is -3.15. The molecular formula is C23H26N4O2. The molecule has 1 aliphatic rings. The molecule has 2 amide bonds. The van der Waals surface area contributed by atoms with E-state index in [4.69, 9.17) is 0 Å². The number of hydrogen-bond acceptors (Lipinski definition) is 3. The average molecular weight is 390 g/mol. The summed E-state index contributed by atoms with van der Waals surface area (Å²) in [4.78, 5) is 30.3. The standard InChI is InChI=1S/C23H26N4O2/c1-15-11-12-18(16(2)14-15)25-23(29)21-26-20(19-10-6-7-13-27(19)21)22(28)24-17-8-4-3-5-9-17/h6-7,10-14,17H,3-5,8-9H2,1-2H3,(H,24,28)(H,25,29). The van der Waals surface area contributed by atoms with E-state index < -0.39 is 0 Å². The molecule has 6 nitrogen and oxygen atoms in total. The molecule has 4 rings (SSSR count). The number of pyridine rings is 1.